The highest BCUT2D eigenvalue weighted by Gasteiger charge is 2.41. The molecule has 2 aromatic rings. The van der Waals surface area contributed by atoms with E-state index in [2.05, 4.69) is 15.5 Å². The maximum absolute atomic E-state index is 12.3. The quantitative estimate of drug-likeness (QED) is 0.645. The van der Waals surface area contributed by atoms with Gasteiger partial charge in [0.2, 0.25) is 11.7 Å². The normalized spacial score (nSPS) is 18.8. The van der Waals surface area contributed by atoms with Gasteiger partial charge in [-0.3, -0.25) is 19.5 Å². The molecule has 1 aromatic carbocycles. The number of carbonyl (C=O) groups excluding carboxylic acids is 3. The standard InChI is InChI=1S/C17H18N4O3/c1-10(20-16(23)14-9-21(2)17(24)15(14)22)11-4-3-5-12(6-11)13-7-18-19-8-13/h3-8,10,14H,9H2,1-2H3,(H,18,19)(H,20,23)/t10-,14?/m1/s1. The number of amides is 2. The average molecular weight is 326 g/mol. The van der Waals surface area contributed by atoms with Crippen LogP contribution < -0.4 is 5.32 Å². The third-order valence-corrected chi connectivity index (χ3v) is 4.22. The Morgan fingerprint density at radius 1 is 1.38 bits per heavy atom. The van der Waals surface area contributed by atoms with E-state index < -0.39 is 23.5 Å². The topological polar surface area (TPSA) is 95.2 Å². The summed E-state index contributed by atoms with van der Waals surface area (Å²) in [5.74, 6) is -2.60. The maximum Gasteiger partial charge on any atom is 0.290 e. The second kappa shape index (κ2) is 6.27. The Balaban J connectivity index is 1.72. The van der Waals surface area contributed by atoms with Crippen LogP contribution in [0.1, 0.15) is 18.5 Å². The fourth-order valence-electron chi connectivity index (χ4n) is 2.77. The fourth-order valence-corrected chi connectivity index (χ4v) is 2.77. The summed E-state index contributed by atoms with van der Waals surface area (Å²) in [5, 5.41) is 9.51. The Kier molecular flexibility index (Phi) is 4.16. The second-order valence-corrected chi connectivity index (χ2v) is 5.95. The average Bonchev–Trinajstić information content (AvgIpc) is 3.20. The largest absolute Gasteiger partial charge is 0.349 e. The lowest BCUT2D eigenvalue weighted by molar-refractivity contribution is -0.142. The summed E-state index contributed by atoms with van der Waals surface area (Å²) in [6, 6.07) is 7.44. The number of ketones is 1. The first-order chi connectivity index (χ1) is 11.5. The molecule has 1 aliphatic rings. The number of likely N-dealkylation sites (N-methyl/N-ethyl adjacent to an activating group) is 1. The van der Waals surface area contributed by atoms with E-state index in [0.717, 1.165) is 16.7 Å². The Morgan fingerprint density at radius 2 is 2.17 bits per heavy atom. The smallest absolute Gasteiger partial charge is 0.290 e. The monoisotopic (exact) mass is 326 g/mol. The molecular weight excluding hydrogens is 308 g/mol. The van der Waals surface area contributed by atoms with Gasteiger partial charge in [-0.25, -0.2) is 0 Å². The van der Waals surface area contributed by atoms with Crippen molar-refractivity contribution >= 4 is 17.6 Å². The van der Waals surface area contributed by atoms with Crippen molar-refractivity contribution in [1.82, 2.24) is 20.4 Å². The number of rotatable bonds is 4. The molecule has 124 valence electrons. The van der Waals surface area contributed by atoms with Crippen LogP contribution in [0, 0.1) is 5.92 Å². The number of hydrogen-bond acceptors (Lipinski definition) is 4. The Hall–Kier alpha value is -2.96. The van der Waals surface area contributed by atoms with E-state index >= 15 is 0 Å². The second-order valence-electron chi connectivity index (χ2n) is 5.95. The zero-order valence-corrected chi connectivity index (χ0v) is 13.4. The third-order valence-electron chi connectivity index (χ3n) is 4.22. The fraction of sp³-hybridized carbons (Fsp3) is 0.294. The highest BCUT2D eigenvalue weighted by atomic mass is 16.2. The van der Waals surface area contributed by atoms with Crippen LogP contribution >= 0.6 is 0 Å². The van der Waals surface area contributed by atoms with Crippen molar-refractivity contribution in [3.05, 3.63) is 42.2 Å². The number of carbonyl (C=O) groups is 3. The molecule has 1 aliphatic heterocycles. The molecule has 1 unspecified atom stereocenters. The number of nitrogens with zero attached hydrogens (tertiary/aromatic N) is 2. The van der Waals surface area contributed by atoms with Crippen LogP contribution in [-0.4, -0.2) is 46.3 Å². The number of aromatic nitrogens is 2. The molecule has 1 aromatic heterocycles. The van der Waals surface area contributed by atoms with E-state index in [1.165, 1.54) is 11.9 Å². The lowest BCUT2D eigenvalue weighted by Crippen LogP contribution is -2.37. The summed E-state index contributed by atoms with van der Waals surface area (Å²) < 4.78 is 0. The zero-order chi connectivity index (χ0) is 17.3. The molecule has 24 heavy (non-hydrogen) atoms. The van der Waals surface area contributed by atoms with Gasteiger partial charge in [0.15, 0.2) is 0 Å². The first-order valence-corrected chi connectivity index (χ1v) is 7.66. The van der Waals surface area contributed by atoms with Gasteiger partial charge < -0.3 is 10.2 Å². The van der Waals surface area contributed by atoms with E-state index in [1.54, 1.807) is 12.4 Å². The molecule has 7 nitrogen and oxygen atoms in total. The minimum atomic E-state index is -0.929. The van der Waals surface area contributed by atoms with Gasteiger partial charge in [0.05, 0.1) is 12.2 Å². The maximum atomic E-state index is 12.3. The highest BCUT2D eigenvalue weighted by molar-refractivity contribution is 6.42. The summed E-state index contributed by atoms with van der Waals surface area (Å²) in [6.45, 7) is 1.97. The van der Waals surface area contributed by atoms with Crippen molar-refractivity contribution in [3.63, 3.8) is 0 Å². The molecular formula is C17H18N4O3. The van der Waals surface area contributed by atoms with Gasteiger partial charge in [0, 0.05) is 25.4 Å². The van der Waals surface area contributed by atoms with Gasteiger partial charge >= 0.3 is 0 Å². The predicted molar refractivity (Wildman–Crippen MR) is 86.7 cm³/mol. The van der Waals surface area contributed by atoms with Gasteiger partial charge in [-0.15, -0.1) is 0 Å². The number of aromatic amines is 1. The SMILES string of the molecule is C[C@@H](NC(=O)C1CN(C)C(=O)C1=O)c1cccc(-c2cn[nH]c2)c1. The van der Waals surface area contributed by atoms with Crippen molar-refractivity contribution in [3.8, 4) is 11.1 Å². The molecule has 2 N–H and O–H groups in total. The van der Waals surface area contributed by atoms with Crippen LogP contribution in [0.4, 0.5) is 0 Å². The number of nitrogens with one attached hydrogen (secondary N) is 2. The van der Waals surface area contributed by atoms with Crippen LogP contribution in [0.3, 0.4) is 0 Å². The van der Waals surface area contributed by atoms with Crippen molar-refractivity contribution in [2.24, 2.45) is 5.92 Å². The summed E-state index contributed by atoms with van der Waals surface area (Å²) in [7, 11) is 1.52. The summed E-state index contributed by atoms with van der Waals surface area (Å²) in [6.07, 6.45) is 3.52. The third kappa shape index (κ3) is 2.92. The van der Waals surface area contributed by atoms with Crippen molar-refractivity contribution < 1.29 is 14.4 Å². The van der Waals surface area contributed by atoms with E-state index in [-0.39, 0.29) is 12.6 Å². The van der Waals surface area contributed by atoms with E-state index in [4.69, 9.17) is 0 Å². The number of Topliss-reactive ketones (excluding diaryl/α,β-unsaturated/α-hetero) is 1. The Labute approximate surface area is 139 Å². The zero-order valence-electron chi connectivity index (χ0n) is 13.4. The van der Waals surface area contributed by atoms with Gasteiger partial charge in [0.1, 0.15) is 5.92 Å². The highest BCUT2D eigenvalue weighted by Crippen LogP contribution is 2.23. The molecule has 7 heteroatoms. The molecule has 2 atom stereocenters. The molecule has 0 bridgehead atoms. The number of likely N-dealkylation sites (tertiary alicyclic amines) is 1. The summed E-state index contributed by atoms with van der Waals surface area (Å²) in [4.78, 5) is 37.0. The molecule has 2 heterocycles. The minimum Gasteiger partial charge on any atom is -0.349 e. The van der Waals surface area contributed by atoms with E-state index in [9.17, 15) is 14.4 Å². The Morgan fingerprint density at radius 3 is 2.79 bits per heavy atom. The van der Waals surface area contributed by atoms with Crippen LogP contribution in [0.15, 0.2) is 36.7 Å². The van der Waals surface area contributed by atoms with Gasteiger partial charge in [0.25, 0.3) is 5.91 Å². The van der Waals surface area contributed by atoms with Gasteiger partial charge in [-0.1, -0.05) is 18.2 Å². The van der Waals surface area contributed by atoms with Gasteiger partial charge in [-0.2, -0.15) is 5.10 Å². The van der Waals surface area contributed by atoms with Crippen molar-refractivity contribution in [2.75, 3.05) is 13.6 Å². The minimum absolute atomic E-state index is 0.130. The van der Waals surface area contributed by atoms with Gasteiger partial charge in [-0.05, 0) is 24.1 Å². The lowest BCUT2D eigenvalue weighted by Gasteiger charge is -2.17. The molecule has 0 aliphatic carbocycles. The van der Waals surface area contributed by atoms with Crippen LogP contribution in [0.25, 0.3) is 11.1 Å². The lowest BCUT2D eigenvalue weighted by atomic mass is 10.0. The molecule has 0 saturated carbocycles. The van der Waals surface area contributed by atoms with Crippen LogP contribution in [-0.2, 0) is 14.4 Å². The van der Waals surface area contributed by atoms with E-state index in [0.29, 0.717) is 0 Å². The molecule has 1 fully saturated rings. The Bertz CT molecular complexity index is 785. The summed E-state index contributed by atoms with van der Waals surface area (Å²) >= 11 is 0. The molecule has 2 amide bonds. The number of benzene rings is 1. The first kappa shape index (κ1) is 15.9. The van der Waals surface area contributed by atoms with Crippen molar-refractivity contribution in [2.45, 2.75) is 13.0 Å². The summed E-state index contributed by atoms with van der Waals surface area (Å²) in [5.41, 5.74) is 2.84. The molecule has 0 radical (unpaired) electrons. The molecule has 1 saturated heterocycles. The van der Waals surface area contributed by atoms with E-state index in [1.807, 2.05) is 31.2 Å². The van der Waals surface area contributed by atoms with Crippen LogP contribution in [0.2, 0.25) is 0 Å². The molecule has 3 rings (SSSR count). The number of H-pyrrole nitrogens is 1. The number of hydrogen-bond donors (Lipinski definition) is 2. The van der Waals surface area contributed by atoms with Crippen LogP contribution in [0.5, 0.6) is 0 Å². The molecule has 0 spiro atoms. The first-order valence-electron chi connectivity index (χ1n) is 7.66. The predicted octanol–water partition coefficient (Wildman–Crippen LogP) is 0.911. The van der Waals surface area contributed by atoms with Crippen molar-refractivity contribution in [1.29, 1.82) is 0 Å².